The molecule has 0 unspecified atom stereocenters. The van der Waals surface area contributed by atoms with Crippen molar-refractivity contribution >= 4 is 39.2 Å². The Morgan fingerprint density at radius 1 is 1.09 bits per heavy atom. The van der Waals surface area contributed by atoms with Crippen LogP contribution < -0.4 is 10.9 Å². The van der Waals surface area contributed by atoms with Gasteiger partial charge in [-0.3, -0.25) is 14.0 Å². The van der Waals surface area contributed by atoms with Crippen molar-refractivity contribution in [3.05, 3.63) is 81.6 Å². The van der Waals surface area contributed by atoms with Crippen LogP contribution in [0.25, 0.3) is 38.8 Å². The van der Waals surface area contributed by atoms with Gasteiger partial charge < -0.3 is 5.32 Å². The molecule has 172 valence electrons. The van der Waals surface area contributed by atoms with Crippen LogP contribution in [0.1, 0.15) is 12.1 Å². The van der Waals surface area contributed by atoms with Crippen LogP contribution in [0.5, 0.6) is 0 Å². The van der Waals surface area contributed by atoms with Gasteiger partial charge in [-0.1, -0.05) is 17.7 Å². The summed E-state index contributed by atoms with van der Waals surface area (Å²) in [5.41, 5.74) is 0.526. The molecule has 0 saturated carbocycles. The Hall–Kier alpha value is -3.85. The van der Waals surface area contributed by atoms with Crippen molar-refractivity contribution in [2.45, 2.75) is 6.43 Å². The smallest absolute Gasteiger partial charge is 0.283 e. The molecule has 1 N–H and O–H groups in total. The first-order valence-electron chi connectivity index (χ1n) is 10.2. The van der Waals surface area contributed by atoms with E-state index in [0.29, 0.717) is 16.3 Å². The monoisotopic (exact) mass is 483 g/mol. The molecular formula is C24H17ClF3N5O. The first-order valence-corrected chi connectivity index (χ1v) is 10.6. The second-order valence-corrected chi connectivity index (χ2v) is 8.16. The average Bonchev–Trinajstić information content (AvgIpc) is 3.18. The molecule has 0 aliphatic heterocycles. The van der Waals surface area contributed by atoms with Crippen LogP contribution in [-0.2, 0) is 7.05 Å². The predicted molar refractivity (Wildman–Crippen MR) is 127 cm³/mol. The molecule has 3 aromatic heterocycles. The van der Waals surface area contributed by atoms with E-state index in [1.54, 1.807) is 61.2 Å². The van der Waals surface area contributed by atoms with Crippen LogP contribution in [-0.4, -0.2) is 26.4 Å². The van der Waals surface area contributed by atoms with E-state index in [-0.39, 0.29) is 22.3 Å². The molecule has 0 fully saturated rings. The molecular weight excluding hydrogens is 467 g/mol. The normalized spacial score (nSPS) is 11.6. The molecule has 0 radical (unpaired) electrons. The van der Waals surface area contributed by atoms with E-state index >= 15 is 0 Å². The fourth-order valence-corrected chi connectivity index (χ4v) is 4.24. The molecule has 0 aliphatic carbocycles. The Labute approximate surface area is 196 Å². The third-order valence-electron chi connectivity index (χ3n) is 5.58. The maximum Gasteiger partial charge on any atom is 0.283 e. The molecule has 10 heteroatoms. The van der Waals surface area contributed by atoms with E-state index in [1.165, 1.54) is 4.57 Å². The molecule has 0 saturated heterocycles. The van der Waals surface area contributed by atoms with Gasteiger partial charge in [0, 0.05) is 36.1 Å². The number of aryl methyl sites for hydroxylation is 1. The predicted octanol–water partition coefficient (Wildman–Crippen LogP) is 5.71. The zero-order chi connectivity index (χ0) is 24.1. The van der Waals surface area contributed by atoms with Gasteiger partial charge in [-0.05, 0) is 48.0 Å². The quantitative estimate of drug-likeness (QED) is 0.355. The Bertz CT molecular complexity index is 1630. The van der Waals surface area contributed by atoms with Gasteiger partial charge in [0.15, 0.2) is 5.82 Å². The second kappa shape index (κ2) is 8.18. The maximum absolute atomic E-state index is 14.6. The Kier molecular flexibility index (Phi) is 5.28. The largest absolute Gasteiger partial charge is 0.387 e. The molecule has 0 atom stereocenters. The first kappa shape index (κ1) is 22.0. The van der Waals surface area contributed by atoms with Gasteiger partial charge in [0.2, 0.25) is 0 Å². The minimum absolute atomic E-state index is 0.0976. The van der Waals surface area contributed by atoms with Crippen molar-refractivity contribution < 1.29 is 13.2 Å². The highest BCUT2D eigenvalue weighted by Gasteiger charge is 2.24. The van der Waals surface area contributed by atoms with Crippen molar-refractivity contribution in [3.63, 3.8) is 0 Å². The van der Waals surface area contributed by atoms with Crippen LogP contribution in [0.3, 0.4) is 0 Å². The number of alkyl halides is 2. The highest BCUT2D eigenvalue weighted by molar-refractivity contribution is 6.30. The van der Waals surface area contributed by atoms with Gasteiger partial charge in [-0.25, -0.2) is 18.2 Å². The standard InChI is InChI=1S/C24H17ClF3N5O/c1-29-20-16-10-17(26)21(22(27)28)30-23(16)33(15-6-4-14(25)5-7-15)24(34)19(20)12-3-8-18-13(9-12)11-32(2)31-18/h3-11,22,29H,1-2H3. The number of pyridine rings is 2. The fraction of sp³-hybridized carbons (Fsp3) is 0.125. The lowest BCUT2D eigenvalue weighted by Crippen LogP contribution is -2.23. The summed E-state index contributed by atoms with van der Waals surface area (Å²) in [4.78, 5) is 17.8. The van der Waals surface area contributed by atoms with E-state index in [0.717, 1.165) is 17.0 Å². The van der Waals surface area contributed by atoms with Gasteiger partial charge >= 0.3 is 0 Å². The minimum Gasteiger partial charge on any atom is -0.387 e. The maximum atomic E-state index is 14.6. The molecule has 0 aliphatic rings. The van der Waals surface area contributed by atoms with Crippen LogP contribution in [0.15, 0.2) is 59.5 Å². The van der Waals surface area contributed by atoms with Gasteiger partial charge in [0.1, 0.15) is 11.3 Å². The van der Waals surface area contributed by atoms with Crippen LogP contribution in [0.4, 0.5) is 18.9 Å². The fourth-order valence-electron chi connectivity index (χ4n) is 4.11. The Morgan fingerprint density at radius 3 is 2.50 bits per heavy atom. The molecule has 0 bridgehead atoms. The average molecular weight is 484 g/mol. The molecule has 5 aromatic rings. The van der Waals surface area contributed by atoms with E-state index in [2.05, 4.69) is 15.4 Å². The topological polar surface area (TPSA) is 64.7 Å². The highest BCUT2D eigenvalue weighted by Crippen LogP contribution is 2.35. The van der Waals surface area contributed by atoms with Gasteiger partial charge in [-0.2, -0.15) is 5.10 Å². The molecule has 2 aromatic carbocycles. The highest BCUT2D eigenvalue weighted by atomic mass is 35.5. The zero-order valence-corrected chi connectivity index (χ0v) is 18.7. The lowest BCUT2D eigenvalue weighted by Gasteiger charge is -2.18. The van der Waals surface area contributed by atoms with Gasteiger partial charge in [0.05, 0.1) is 22.5 Å². The van der Waals surface area contributed by atoms with E-state index in [9.17, 15) is 18.0 Å². The minimum atomic E-state index is -3.15. The molecule has 5 rings (SSSR count). The van der Waals surface area contributed by atoms with Crippen molar-refractivity contribution in [3.8, 4) is 16.8 Å². The first-order chi connectivity index (χ1) is 16.3. The number of benzene rings is 2. The summed E-state index contributed by atoms with van der Waals surface area (Å²) < 4.78 is 44.5. The van der Waals surface area contributed by atoms with E-state index in [1.807, 2.05) is 6.20 Å². The number of fused-ring (bicyclic) bond motifs is 2. The van der Waals surface area contributed by atoms with Crippen molar-refractivity contribution in [2.24, 2.45) is 7.05 Å². The van der Waals surface area contributed by atoms with E-state index in [4.69, 9.17) is 11.6 Å². The lowest BCUT2D eigenvalue weighted by molar-refractivity contribution is 0.141. The number of nitrogens with one attached hydrogen (secondary N) is 1. The summed E-state index contributed by atoms with van der Waals surface area (Å²) in [6.45, 7) is 0. The molecule has 0 amide bonds. The van der Waals surface area contributed by atoms with Gasteiger partial charge in [-0.15, -0.1) is 0 Å². The van der Waals surface area contributed by atoms with Crippen molar-refractivity contribution in [2.75, 3.05) is 12.4 Å². The SMILES string of the molecule is CNc1c(-c2ccc3nn(C)cc3c2)c(=O)n(-c2ccc(Cl)cc2)c2nc(C(F)F)c(F)cc12. The molecule has 6 nitrogen and oxygen atoms in total. The Balaban J connectivity index is 1.94. The number of nitrogens with zero attached hydrogens (tertiary/aromatic N) is 4. The summed E-state index contributed by atoms with van der Waals surface area (Å²) in [6.07, 6.45) is -1.34. The number of halogens is 4. The molecule has 0 spiro atoms. The zero-order valence-electron chi connectivity index (χ0n) is 18.0. The molecule has 34 heavy (non-hydrogen) atoms. The number of hydrogen-bond acceptors (Lipinski definition) is 4. The summed E-state index contributed by atoms with van der Waals surface area (Å²) in [6, 6.07) is 12.6. The summed E-state index contributed by atoms with van der Waals surface area (Å²) >= 11 is 6.01. The van der Waals surface area contributed by atoms with Crippen molar-refractivity contribution in [1.29, 1.82) is 0 Å². The number of anilines is 1. The number of aromatic nitrogens is 4. The number of rotatable bonds is 4. The molecule has 3 heterocycles. The van der Waals surface area contributed by atoms with Crippen LogP contribution in [0.2, 0.25) is 5.02 Å². The number of hydrogen-bond donors (Lipinski definition) is 1. The third-order valence-corrected chi connectivity index (χ3v) is 5.83. The lowest BCUT2D eigenvalue weighted by atomic mass is 10.0. The van der Waals surface area contributed by atoms with E-state index < -0.39 is 23.5 Å². The van der Waals surface area contributed by atoms with Gasteiger partial charge in [0.25, 0.3) is 12.0 Å². The third kappa shape index (κ3) is 3.49. The van der Waals surface area contributed by atoms with Crippen LogP contribution >= 0.6 is 11.6 Å². The van der Waals surface area contributed by atoms with Crippen LogP contribution in [0, 0.1) is 5.82 Å². The second-order valence-electron chi connectivity index (χ2n) is 7.72. The summed E-state index contributed by atoms with van der Waals surface area (Å²) in [5.74, 6) is -1.16. The Morgan fingerprint density at radius 2 is 1.82 bits per heavy atom. The summed E-state index contributed by atoms with van der Waals surface area (Å²) in [5, 5.41) is 8.71. The van der Waals surface area contributed by atoms with Crippen molar-refractivity contribution in [1.82, 2.24) is 19.3 Å². The summed E-state index contributed by atoms with van der Waals surface area (Å²) in [7, 11) is 3.36.